The number of phenols is 3. The third-order valence-electron chi connectivity index (χ3n) is 21.9. The molecule has 7 aliphatic heterocycles. The van der Waals surface area contributed by atoms with Crippen LogP contribution in [0.15, 0.2) is 103 Å². The largest absolute Gasteiger partial charge is 0.508 e. The first-order valence-electron chi connectivity index (χ1n) is 39.2. The summed E-state index contributed by atoms with van der Waals surface area (Å²) in [5.74, 6) is -16.3. The van der Waals surface area contributed by atoms with Crippen LogP contribution in [0.3, 0.4) is 0 Å². The maximum atomic E-state index is 16.3. The summed E-state index contributed by atoms with van der Waals surface area (Å²) < 4.78 is 45.5. The monoisotopic (exact) mass is 1750 g/mol. The minimum absolute atomic E-state index is 0.0197. The van der Waals surface area contributed by atoms with Gasteiger partial charge in [-0.15, -0.1) is 0 Å². The summed E-state index contributed by atoms with van der Waals surface area (Å²) in [6, 6.07) is 6.55. The lowest BCUT2D eigenvalue weighted by atomic mass is 9.83. The highest BCUT2D eigenvalue weighted by atomic mass is 35.5. The van der Waals surface area contributed by atoms with Crippen molar-refractivity contribution in [2.24, 2.45) is 17.4 Å². The second-order valence-electron chi connectivity index (χ2n) is 30.8. The number of hydrogen-bond donors (Lipinski definition) is 20. The van der Waals surface area contributed by atoms with Crippen molar-refractivity contribution in [3.8, 4) is 62.9 Å². The molecule has 0 spiro atoms. The zero-order chi connectivity index (χ0) is 87.9. The number of carbonyl (C=O) groups is 10. The average molecular weight is 1750 g/mol. The van der Waals surface area contributed by atoms with Gasteiger partial charge < -0.3 is 138 Å². The number of aromatic hydroxyl groups is 3. The summed E-state index contributed by atoms with van der Waals surface area (Å²) in [7, 11) is 0. The number of phenolic OH excluding ortho intramolecular Hbond substituents is 3. The topological polar surface area (TPSA) is 586 Å². The summed E-state index contributed by atoms with van der Waals surface area (Å²) in [4.78, 5) is 143. The number of ether oxygens (including phenoxy) is 7. The quantitative estimate of drug-likeness (QED) is 0.0434. The zero-order valence-corrected chi connectivity index (χ0v) is 68.2. The molecule has 8 aliphatic rings. The molecule has 8 amide bonds. The van der Waals surface area contributed by atoms with Gasteiger partial charge in [0.05, 0.1) is 41.9 Å². The van der Waals surface area contributed by atoms with Crippen LogP contribution >= 0.6 is 35.0 Å². The second-order valence-corrected chi connectivity index (χ2v) is 32.9. The van der Waals surface area contributed by atoms with Gasteiger partial charge in [0.1, 0.15) is 108 Å². The number of halogens is 2. The van der Waals surface area contributed by atoms with E-state index in [4.69, 9.17) is 67.8 Å². The molecule has 0 unspecified atom stereocenters. The number of nitrogens with one attached hydrogen (secondary N) is 8. The molecule has 0 radical (unpaired) electrons. The van der Waals surface area contributed by atoms with Crippen LogP contribution in [0.1, 0.15) is 142 Å². The van der Waals surface area contributed by atoms with Gasteiger partial charge in [-0.1, -0.05) is 84.6 Å². The number of carboxylic acids is 1. The Hall–Kier alpha value is -10.7. The van der Waals surface area contributed by atoms with E-state index in [1.807, 2.05) is 6.07 Å². The summed E-state index contributed by atoms with van der Waals surface area (Å²) >= 11 is 15.5. The molecule has 1 saturated carbocycles. The number of fused-ring (bicyclic) bond motifs is 15. The first-order chi connectivity index (χ1) is 58.0. The standard InChI is InChI=1S/C82H94Cl2N10O27S/c1-35-74(108)82(3,88-32-37-9-7-12-44(21-37)115-19-8-20-122-36(2)96)31-61(116-35)120-73-71(107)70(106)57(34-95)119-81(73)121-72-55-25-42-26-56(72)118-54-18-15-41(24-48(54)84)69(105)67-80(114)93-65(76(110)87-33-60(102)103)46-27-43(97)28-52(99)62(46)45-22-39(13-16-51(45)98)63(77(111)94-67)92-78(112)64(42)91-75(109)50(30-58(86)100)89-79(113)66(68(104)40-14-17-53(117-55)47(83)23-40)90-59(101)29-49(85)38-10-5-4-6-11-38/h7,9,12-18,21-28,35,38,49-50,57,61,63-71,73-74,81,88,95,97-99,104-108H,4-6,8,10-11,19-20,29-34,85H2,1-3H3,(H2,86,100)(H,87,110)(H,89,113)(H,90,101)(H,91,109)(H,92,112)(H,93,114)(H,94,111)(H,102,103)/t35-,49+,50-,57+,61-,63+,64+,65-,66+,67-,68+,69+,70+,71-,73+,74+,81-,82-/m0/s1. The van der Waals surface area contributed by atoms with E-state index in [0.29, 0.717) is 37.4 Å². The van der Waals surface area contributed by atoms with Crippen molar-refractivity contribution >= 4 is 93.3 Å². The Morgan fingerprint density at radius 3 is 2.02 bits per heavy atom. The van der Waals surface area contributed by atoms with Crippen LogP contribution in [0.2, 0.25) is 10.0 Å². The number of aliphatic hydroxyl groups excluding tert-OH is 6. The van der Waals surface area contributed by atoms with Crippen LogP contribution < -0.4 is 72.9 Å². The number of benzene rings is 6. The van der Waals surface area contributed by atoms with Crippen molar-refractivity contribution in [2.75, 3.05) is 25.5 Å². The number of primary amides is 1. The lowest BCUT2D eigenvalue weighted by Crippen LogP contribution is -2.65. The van der Waals surface area contributed by atoms with Crippen LogP contribution in [-0.2, 0) is 68.7 Å². The fourth-order valence-corrected chi connectivity index (χ4v) is 16.5. The molecule has 6 aromatic carbocycles. The van der Waals surface area contributed by atoms with Gasteiger partial charge in [0, 0.05) is 60.8 Å². The van der Waals surface area contributed by atoms with Crippen LogP contribution in [0.25, 0.3) is 11.1 Å². The van der Waals surface area contributed by atoms with Crippen LogP contribution in [0, 0.1) is 5.92 Å². The maximum Gasteiger partial charge on any atom is 0.322 e. The molecule has 122 heavy (non-hydrogen) atoms. The maximum absolute atomic E-state index is 16.3. The third kappa shape index (κ3) is 21.1. The molecule has 11 bridgehead atoms. The number of thioether (sulfide) groups is 1. The molecule has 14 rings (SSSR count). The highest BCUT2D eigenvalue weighted by Gasteiger charge is 2.52. The van der Waals surface area contributed by atoms with Crippen LogP contribution in [0.5, 0.6) is 51.7 Å². The normalized spacial score (nSPS) is 27.1. The predicted molar refractivity (Wildman–Crippen MR) is 432 cm³/mol. The van der Waals surface area contributed by atoms with Crippen molar-refractivity contribution in [3.05, 3.63) is 147 Å². The Morgan fingerprint density at radius 2 is 1.37 bits per heavy atom. The zero-order valence-electron chi connectivity index (χ0n) is 65.8. The first kappa shape index (κ1) is 90.5. The molecule has 22 N–H and O–H groups in total. The van der Waals surface area contributed by atoms with Crippen molar-refractivity contribution < 1.29 is 132 Å². The highest BCUT2D eigenvalue weighted by Crippen LogP contribution is 2.50. The Morgan fingerprint density at radius 1 is 0.713 bits per heavy atom. The van der Waals surface area contributed by atoms with Gasteiger partial charge in [-0.25, -0.2) is 0 Å². The van der Waals surface area contributed by atoms with Gasteiger partial charge >= 0.3 is 5.97 Å². The molecule has 3 fully saturated rings. The molecule has 18 atom stereocenters. The van der Waals surface area contributed by atoms with E-state index in [9.17, 15) is 75.0 Å². The second kappa shape index (κ2) is 39.2. The van der Waals surface area contributed by atoms with Crippen molar-refractivity contribution in [1.29, 1.82) is 0 Å². The summed E-state index contributed by atoms with van der Waals surface area (Å²) in [6.07, 6.45) is -14.9. The number of hydrogen-bond acceptors (Lipinski definition) is 29. The SMILES string of the molecule is CC(=O)SCCCOc1cccc(CN[C@@]2(C)C[C@H](O[C@H]3[C@H](Oc4c5cc6cc4Oc4ccc(cc4Cl)[C@@H](O)[C@@H](NC(=O)C[C@@H](N)C4CCCCC4)C(=O)N[C@@H](CC(N)=O)C(=O)N[C@H]6C(=O)N[C@H]4C(=O)N[C@H](C(=O)N[C@H](C(=O)NCC(=O)O)c6cc(O)cc(O)c6-c6cc4ccc6O)[C@H](O)c4ccc(c(Cl)c4)O5)O[C@H](CO)[C@@H](O)[C@@H]3O)O[C@@H](C)[C@H]2O)c1. The van der Waals surface area contributed by atoms with Gasteiger partial charge in [-0.05, 0) is 139 Å². The molecule has 40 heteroatoms. The molecular formula is C82H94Cl2N10O27S. The Labute approximate surface area is 711 Å². The van der Waals surface area contributed by atoms with E-state index in [-0.39, 0.29) is 57.9 Å². The molecule has 1 aliphatic carbocycles. The van der Waals surface area contributed by atoms with Gasteiger partial charge in [0.2, 0.25) is 59.3 Å². The molecule has 37 nitrogen and oxygen atoms in total. The first-order valence-corrected chi connectivity index (χ1v) is 40.9. The minimum atomic E-state index is -2.40. The minimum Gasteiger partial charge on any atom is -0.508 e. The fourth-order valence-electron chi connectivity index (χ4n) is 15.5. The van der Waals surface area contributed by atoms with E-state index < -0.39 is 250 Å². The summed E-state index contributed by atoms with van der Waals surface area (Å²) in [5.41, 5.74) is 8.89. The molecular weight excluding hydrogens is 1660 g/mol. The lowest BCUT2D eigenvalue weighted by molar-refractivity contribution is -0.334. The number of carboxylic acid groups (broad SMARTS) is 1. The smallest absolute Gasteiger partial charge is 0.322 e. The van der Waals surface area contributed by atoms with E-state index in [2.05, 4.69) is 42.5 Å². The van der Waals surface area contributed by atoms with Crippen LogP contribution in [0.4, 0.5) is 0 Å². The van der Waals surface area contributed by atoms with Gasteiger partial charge in [-0.3, -0.25) is 47.9 Å². The third-order valence-corrected chi connectivity index (χ3v) is 23.4. The summed E-state index contributed by atoms with van der Waals surface area (Å²) in [5, 5.41) is 136. The van der Waals surface area contributed by atoms with E-state index in [1.165, 1.54) is 30.8 Å². The number of rotatable bonds is 22. The van der Waals surface area contributed by atoms with E-state index in [1.54, 1.807) is 32.0 Å². The fraction of sp³-hybridized carbons (Fsp3) is 0.439. The number of amides is 8. The lowest BCUT2D eigenvalue weighted by Gasteiger charge is -2.48. The Bertz CT molecular complexity index is 4970. The molecule has 654 valence electrons. The number of aliphatic hydroxyl groups is 6. The van der Waals surface area contributed by atoms with Gasteiger partial charge in [0.25, 0.3) is 0 Å². The molecule has 0 aromatic heterocycles. The van der Waals surface area contributed by atoms with E-state index >= 15 is 24.0 Å². The summed E-state index contributed by atoms with van der Waals surface area (Å²) in [6.45, 7) is 3.09. The molecule has 7 heterocycles. The van der Waals surface area contributed by atoms with Crippen molar-refractivity contribution in [3.63, 3.8) is 0 Å². The number of carbonyl (C=O) groups excluding carboxylic acids is 9. The number of aliphatic carboxylic acids is 1. The van der Waals surface area contributed by atoms with E-state index in [0.717, 1.165) is 91.6 Å². The van der Waals surface area contributed by atoms with Crippen LogP contribution in [-0.4, -0.2) is 214 Å². The van der Waals surface area contributed by atoms with Gasteiger partial charge in [-0.2, -0.15) is 0 Å². The molecule has 6 aromatic rings. The van der Waals surface area contributed by atoms with Crippen molar-refractivity contribution in [2.45, 2.75) is 194 Å². The number of nitrogens with two attached hydrogens (primary N) is 2. The molecule has 2 saturated heterocycles. The highest BCUT2D eigenvalue weighted by molar-refractivity contribution is 8.13. The Balaban J connectivity index is 1.03. The van der Waals surface area contributed by atoms with Crippen molar-refractivity contribution in [1.82, 2.24) is 42.5 Å². The Kier molecular flexibility index (Phi) is 29.1. The van der Waals surface area contributed by atoms with Gasteiger partial charge in [0.15, 0.2) is 29.0 Å². The average Bonchev–Trinajstić information content (AvgIpc) is 0.755. The predicted octanol–water partition coefficient (Wildman–Crippen LogP) is 2.77.